The van der Waals surface area contributed by atoms with Gasteiger partial charge in [-0.2, -0.15) is 0 Å². The molecule has 0 aromatic carbocycles. The van der Waals surface area contributed by atoms with Crippen LogP contribution >= 0.6 is 22.9 Å². The lowest BCUT2D eigenvalue weighted by atomic mass is 9.96. The molecule has 2 saturated carbocycles. The van der Waals surface area contributed by atoms with Gasteiger partial charge in [-0.1, -0.05) is 39.3 Å². The van der Waals surface area contributed by atoms with Crippen LogP contribution in [-0.4, -0.2) is 75.8 Å². The first-order valence-electron chi connectivity index (χ1n) is 14.7. The maximum Gasteiger partial charge on any atom is 0.323 e. The zero-order chi connectivity index (χ0) is 32.8. The molecule has 0 aliphatic heterocycles. The van der Waals surface area contributed by atoms with Crippen LogP contribution in [0.15, 0.2) is 18.5 Å². The Bertz CT molecular complexity index is 1700. The molecule has 6 N–H and O–H groups in total. The van der Waals surface area contributed by atoms with Crippen LogP contribution in [0.4, 0.5) is 5.82 Å². The number of halogens is 1. The highest BCUT2D eigenvalue weighted by Gasteiger charge is 2.78. The molecular weight excluding hydrogens is 620 g/mol. The van der Waals surface area contributed by atoms with Gasteiger partial charge in [0.25, 0.3) is 0 Å². The van der Waals surface area contributed by atoms with Gasteiger partial charge in [-0.3, -0.25) is 14.4 Å². The second kappa shape index (κ2) is 12.6. The second-order valence-electron chi connectivity index (χ2n) is 12.0. The van der Waals surface area contributed by atoms with Crippen LogP contribution in [0.3, 0.4) is 0 Å². The number of fused-ring (bicyclic) bond motifs is 2. The molecule has 2 aliphatic rings. The molecule has 3 aromatic rings. The molecule has 3 aromatic heterocycles. The van der Waals surface area contributed by atoms with Gasteiger partial charge in [0.05, 0.1) is 27.0 Å². The molecule has 0 radical (unpaired) electrons. The minimum atomic E-state index is -1.17. The quantitative estimate of drug-likeness (QED) is 0.195. The SMILES string of the molecule is CNC(=O)[C@@]12CC1C(n1cnc3c(NC)nc(C#Cc4ccc(Cl)s4)nc31)[C@H](OC(=O)[C@@H](N)C(C)C)[C@@H]2OC(=O)[C@@H](N)C(C)C. The Kier molecular flexibility index (Phi) is 9.10. The van der Waals surface area contributed by atoms with Crippen LogP contribution in [0.1, 0.15) is 50.9 Å². The predicted octanol–water partition coefficient (Wildman–Crippen LogP) is 2.08. The zero-order valence-corrected chi connectivity index (χ0v) is 27.4. The fourth-order valence-electron chi connectivity index (χ4n) is 5.86. The first-order valence-corrected chi connectivity index (χ1v) is 15.9. The summed E-state index contributed by atoms with van der Waals surface area (Å²) in [5.74, 6) is 4.09. The Hall–Kier alpha value is -3.77. The number of amides is 1. The summed E-state index contributed by atoms with van der Waals surface area (Å²) in [7, 11) is 3.22. The molecule has 13 nitrogen and oxygen atoms in total. The molecule has 0 bridgehead atoms. The molecule has 3 heterocycles. The third-order valence-electron chi connectivity index (χ3n) is 8.59. The number of aromatic nitrogens is 4. The van der Waals surface area contributed by atoms with Crippen molar-refractivity contribution in [3.63, 3.8) is 0 Å². The topological polar surface area (TPSA) is 189 Å². The number of anilines is 1. The number of hydrogen-bond donors (Lipinski definition) is 4. The molecule has 5 rings (SSSR count). The number of hydrogen-bond acceptors (Lipinski definition) is 12. The molecule has 7 atom stereocenters. The lowest BCUT2D eigenvalue weighted by Crippen LogP contribution is -2.50. The normalized spacial score (nSPS) is 24.9. The maximum absolute atomic E-state index is 13.5. The smallest absolute Gasteiger partial charge is 0.323 e. The fraction of sp³-hybridized carbons (Fsp3) is 0.533. The number of imidazole rings is 1. The van der Waals surface area contributed by atoms with Crippen molar-refractivity contribution in [2.75, 3.05) is 19.4 Å². The van der Waals surface area contributed by atoms with Gasteiger partial charge in [0.15, 0.2) is 29.2 Å². The van der Waals surface area contributed by atoms with E-state index in [9.17, 15) is 14.4 Å². The van der Waals surface area contributed by atoms with Crippen molar-refractivity contribution in [1.29, 1.82) is 0 Å². The predicted molar refractivity (Wildman–Crippen MR) is 169 cm³/mol. The molecule has 2 aliphatic carbocycles. The molecule has 2 fully saturated rings. The number of carbonyl (C=O) groups excluding carboxylic acids is 3. The summed E-state index contributed by atoms with van der Waals surface area (Å²) in [6.07, 6.45) is -0.318. The number of carbonyl (C=O) groups is 3. The van der Waals surface area contributed by atoms with Crippen molar-refractivity contribution in [1.82, 2.24) is 24.8 Å². The van der Waals surface area contributed by atoms with Gasteiger partial charge in [-0.25, -0.2) is 15.0 Å². The van der Waals surface area contributed by atoms with Crippen LogP contribution in [-0.2, 0) is 23.9 Å². The second-order valence-corrected chi connectivity index (χ2v) is 13.8. The van der Waals surface area contributed by atoms with Gasteiger partial charge in [-0.15, -0.1) is 11.3 Å². The van der Waals surface area contributed by atoms with Gasteiger partial charge in [0.1, 0.15) is 12.1 Å². The Labute approximate surface area is 269 Å². The molecule has 2 unspecified atom stereocenters. The lowest BCUT2D eigenvalue weighted by Gasteiger charge is -2.32. The summed E-state index contributed by atoms with van der Waals surface area (Å²) >= 11 is 7.39. The van der Waals surface area contributed by atoms with E-state index >= 15 is 0 Å². The molecule has 1 amide bonds. The summed E-state index contributed by atoms with van der Waals surface area (Å²) < 4.78 is 14.4. The summed E-state index contributed by atoms with van der Waals surface area (Å²) in [5, 5.41) is 5.75. The monoisotopic (exact) mass is 656 g/mol. The van der Waals surface area contributed by atoms with Crippen molar-refractivity contribution in [3.8, 4) is 11.8 Å². The van der Waals surface area contributed by atoms with Crippen molar-refractivity contribution in [3.05, 3.63) is 33.5 Å². The average molecular weight is 657 g/mol. The number of nitrogens with one attached hydrogen (secondary N) is 2. The Morgan fingerprint density at radius 3 is 2.31 bits per heavy atom. The third-order valence-corrected chi connectivity index (χ3v) is 9.74. The van der Waals surface area contributed by atoms with E-state index in [1.54, 1.807) is 57.8 Å². The number of ether oxygens (including phenoxy) is 2. The van der Waals surface area contributed by atoms with Crippen LogP contribution in [0.2, 0.25) is 4.34 Å². The van der Waals surface area contributed by atoms with Crippen molar-refractivity contribution >= 4 is 57.8 Å². The highest BCUT2D eigenvalue weighted by Crippen LogP contribution is 2.69. The Balaban J connectivity index is 1.64. The van der Waals surface area contributed by atoms with Crippen LogP contribution < -0.4 is 22.1 Å². The van der Waals surface area contributed by atoms with Gasteiger partial charge in [-0.05, 0) is 42.2 Å². The molecule has 0 spiro atoms. The maximum atomic E-state index is 13.5. The van der Waals surface area contributed by atoms with Gasteiger partial charge in [0, 0.05) is 20.0 Å². The van der Waals surface area contributed by atoms with E-state index in [2.05, 4.69) is 32.4 Å². The van der Waals surface area contributed by atoms with Gasteiger partial charge >= 0.3 is 11.9 Å². The van der Waals surface area contributed by atoms with E-state index in [-0.39, 0.29) is 23.6 Å². The van der Waals surface area contributed by atoms with E-state index in [1.165, 1.54) is 18.4 Å². The van der Waals surface area contributed by atoms with Gasteiger partial charge in [0.2, 0.25) is 11.7 Å². The van der Waals surface area contributed by atoms with Gasteiger partial charge < -0.3 is 36.1 Å². The third kappa shape index (κ3) is 5.85. The number of nitrogens with two attached hydrogens (primary N) is 2. The molecule has 15 heteroatoms. The Morgan fingerprint density at radius 1 is 1.07 bits per heavy atom. The average Bonchev–Trinajstić information content (AvgIpc) is 3.24. The largest absolute Gasteiger partial charge is 0.456 e. The van der Waals surface area contributed by atoms with Crippen molar-refractivity contribution in [2.24, 2.45) is 34.6 Å². The van der Waals surface area contributed by atoms with Crippen molar-refractivity contribution in [2.45, 2.75) is 64.4 Å². The minimum absolute atomic E-state index is 0.214. The fourth-order valence-corrected chi connectivity index (χ4v) is 6.76. The summed E-state index contributed by atoms with van der Waals surface area (Å²) in [6, 6.07) is 0.973. The first-order chi connectivity index (χ1) is 21.3. The van der Waals surface area contributed by atoms with E-state index in [1.807, 2.05) is 0 Å². The van der Waals surface area contributed by atoms with E-state index in [0.29, 0.717) is 27.7 Å². The molecule has 240 valence electrons. The molecule has 45 heavy (non-hydrogen) atoms. The van der Waals surface area contributed by atoms with Crippen LogP contribution in [0.25, 0.3) is 11.2 Å². The highest BCUT2D eigenvalue weighted by atomic mass is 35.5. The van der Waals surface area contributed by atoms with Crippen molar-refractivity contribution < 1.29 is 23.9 Å². The lowest BCUT2D eigenvalue weighted by molar-refractivity contribution is -0.177. The number of esters is 2. The number of rotatable bonds is 9. The van der Waals surface area contributed by atoms with Crippen LogP contribution in [0, 0.1) is 35.0 Å². The number of nitrogens with zero attached hydrogens (tertiary/aromatic N) is 4. The van der Waals surface area contributed by atoms with E-state index in [4.69, 9.17) is 37.5 Å². The summed E-state index contributed by atoms with van der Waals surface area (Å²) in [4.78, 5) is 54.6. The van der Waals surface area contributed by atoms with Crippen LogP contribution in [0.5, 0.6) is 0 Å². The van der Waals surface area contributed by atoms with E-state index < -0.39 is 53.6 Å². The standard InChI is InChI=1S/C30H37ClN8O5S/c1-13(2)19(32)27(40)43-23-22(16-11-30(16,29(42)35-6)24(23)44-28(41)20(33)14(3)4)39-12-36-21-25(34-5)37-18(38-26(21)39)10-8-15-7-9-17(31)45-15/h7,9,12-14,16,19-20,22-24H,11,32-33H2,1-6H3,(H,35,42)(H,34,37,38)/t16?,19-,20-,22?,23-,24-,30-/m0/s1. The Morgan fingerprint density at radius 2 is 1.73 bits per heavy atom. The highest BCUT2D eigenvalue weighted by molar-refractivity contribution is 7.16. The van der Waals surface area contributed by atoms with E-state index in [0.717, 1.165) is 4.88 Å². The number of thiophene rings is 1. The zero-order valence-electron chi connectivity index (χ0n) is 25.8. The summed E-state index contributed by atoms with van der Waals surface area (Å²) in [6.45, 7) is 7.18. The summed E-state index contributed by atoms with van der Waals surface area (Å²) in [5.41, 5.74) is 12.0. The minimum Gasteiger partial charge on any atom is -0.456 e. The molecular formula is C30H37ClN8O5S. The first kappa shape index (κ1) is 32.6. The molecule has 0 saturated heterocycles.